The topological polar surface area (TPSA) is 36.1 Å². The van der Waals surface area contributed by atoms with Crippen LogP contribution in [0.5, 0.6) is 0 Å². The lowest BCUT2D eigenvalue weighted by Crippen LogP contribution is -2.21. The molecule has 0 radical (unpaired) electrons. The molecule has 4 heteroatoms. The molecule has 0 spiro atoms. The second-order valence-corrected chi connectivity index (χ2v) is 2.28. The van der Waals surface area contributed by atoms with Crippen molar-refractivity contribution in [2.24, 2.45) is 0 Å². The van der Waals surface area contributed by atoms with E-state index in [9.17, 15) is 4.79 Å². The second-order valence-electron chi connectivity index (χ2n) is 2.28. The first-order chi connectivity index (χ1) is 4.72. The number of hydrogen-bond donors (Lipinski definition) is 1. The van der Waals surface area contributed by atoms with Crippen molar-refractivity contribution in [1.29, 1.82) is 0 Å². The van der Waals surface area contributed by atoms with E-state index in [1.807, 2.05) is 0 Å². The molecular formula is C7H11ClN2O. The average Bonchev–Trinajstić information content (AvgIpc) is 2.36. The fourth-order valence-electron chi connectivity index (χ4n) is 0.704. The highest BCUT2D eigenvalue weighted by molar-refractivity contribution is 5.91. The number of nitrogens with one attached hydrogen (secondary N) is 1. The smallest absolute Gasteiger partial charge is 0.269 e. The summed E-state index contributed by atoms with van der Waals surface area (Å²) in [6.45, 7) is 0. The summed E-state index contributed by atoms with van der Waals surface area (Å²) >= 11 is 0. The summed E-state index contributed by atoms with van der Waals surface area (Å²) in [5, 5.41) is 0. The van der Waals surface area contributed by atoms with Gasteiger partial charge in [-0.05, 0) is 12.1 Å². The summed E-state index contributed by atoms with van der Waals surface area (Å²) in [6.07, 6.45) is 1.73. The highest BCUT2D eigenvalue weighted by Gasteiger charge is 2.06. The van der Waals surface area contributed by atoms with Crippen LogP contribution < -0.4 is 0 Å². The van der Waals surface area contributed by atoms with Crippen molar-refractivity contribution in [3.63, 3.8) is 0 Å². The van der Waals surface area contributed by atoms with Crippen molar-refractivity contribution < 1.29 is 4.79 Å². The molecule has 1 aromatic heterocycles. The molecule has 0 aliphatic carbocycles. The minimum atomic E-state index is 0. The van der Waals surface area contributed by atoms with Crippen LogP contribution in [0.2, 0.25) is 0 Å². The third kappa shape index (κ3) is 2.27. The van der Waals surface area contributed by atoms with Gasteiger partial charge < -0.3 is 9.88 Å². The molecule has 0 unspecified atom stereocenters. The van der Waals surface area contributed by atoms with E-state index in [2.05, 4.69) is 4.98 Å². The summed E-state index contributed by atoms with van der Waals surface area (Å²) < 4.78 is 0. The molecular weight excluding hydrogens is 164 g/mol. The normalized spacial score (nSPS) is 8.55. The maximum Gasteiger partial charge on any atom is 0.269 e. The number of aromatic nitrogens is 1. The van der Waals surface area contributed by atoms with Crippen LogP contribution in [0.3, 0.4) is 0 Å². The molecule has 0 aliphatic rings. The van der Waals surface area contributed by atoms with Crippen molar-refractivity contribution in [2.45, 2.75) is 0 Å². The Morgan fingerprint density at radius 3 is 2.55 bits per heavy atom. The first-order valence-corrected chi connectivity index (χ1v) is 3.07. The van der Waals surface area contributed by atoms with Gasteiger partial charge in [0.25, 0.3) is 5.91 Å². The number of rotatable bonds is 1. The number of hydrogen-bond acceptors (Lipinski definition) is 1. The van der Waals surface area contributed by atoms with E-state index < -0.39 is 0 Å². The summed E-state index contributed by atoms with van der Waals surface area (Å²) in [4.78, 5) is 15.5. The summed E-state index contributed by atoms with van der Waals surface area (Å²) in [5.74, 6) is 0.00463. The van der Waals surface area contributed by atoms with Crippen LogP contribution in [-0.2, 0) is 0 Å². The highest BCUT2D eigenvalue weighted by Crippen LogP contribution is 1.96. The van der Waals surface area contributed by atoms with Gasteiger partial charge in [0.15, 0.2) is 0 Å². The van der Waals surface area contributed by atoms with Crippen LogP contribution in [0.1, 0.15) is 10.5 Å². The Kier molecular flexibility index (Phi) is 3.68. The molecule has 1 rings (SSSR count). The minimum absolute atomic E-state index is 0. The van der Waals surface area contributed by atoms with Crippen LogP contribution in [-0.4, -0.2) is 29.9 Å². The molecule has 11 heavy (non-hydrogen) atoms. The predicted molar refractivity (Wildman–Crippen MR) is 46.1 cm³/mol. The van der Waals surface area contributed by atoms with E-state index in [0.29, 0.717) is 5.69 Å². The Balaban J connectivity index is 0.000001000. The van der Waals surface area contributed by atoms with Gasteiger partial charge in [0.2, 0.25) is 0 Å². The number of carbonyl (C=O) groups excluding carboxylic acids is 1. The Labute approximate surface area is 71.8 Å². The molecule has 0 saturated carbocycles. The number of nitrogens with zero attached hydrogens (tertiary/aromatic N) is 1. The molecule has 1 heterocycles. The van der Waals surface area contributed by atoms with Gasteiger partial charge in [-0.15, -0.1) is 12.4 Å². The zero-order valence-corrected chi connectivity index (χ0v) is 7.31. The third-order valence-corrected chi connectivity index (χ3v) is 1.23. The van der Waals surface area contributed by atoms with Crippen molar-refractivity contribution in [3.05, 3.63) is 24.0 Å². The zero-order valence-electron chi connectivity index (χ0n) is 6.50. The van der Waals surface area contributed by atoms with E-state index in [-0.39, 0.29) is 18.3 Å². The Morgan fingerprint density at radius 1 is 1.55 bits per heavy atom. The van der Waals surface area contributed by atoms with E-state index in [1.54, 1.807) is 32.4 Å². The number of H-pyrrole nitrogens is 1. The Morgan fingerprint density at radius 2 is 2.18 bits per heavy atom. The molecule has 1 amide bonds. The first-order valence-electron chi connectivity index (χ1n) is 3.07. The summed E-state index contributed by atoms with van der Waals surface area (Å²) in [7, 11) is 3.45. The standard InChI is InChI=1S/C7H10N2O.ClH/c1-9(2)7(10)6-4-3-5-8-6;/h3-5,8H,1-2H3;1H. The summed E-state index contributed by atoms with van der Waals surface area (Å²) in [5.41, 5.74) is 0.630. The summed E-state index contributed by atoms with van der Waals surface area (Å²) in [6, 6.07) is 3.55. The van der Waals surface area contributed by atoms with Crippen LogP contribution >= 0.6 is 12.4 Å². The minimum Gasteiger partial charge on any atom is -0.357 e. The SMILES string of the molecule is CN(C)C(=O)c1ccc[nH]1.Cl. The van der Waals surface area contributed by atoms with E-state index >= 15 is 0 Å². The molecule has 0 fully saturated rings. The number of carbonyl (C=O) groups is 1. The molecule has 0 aromatic carbocycles. The van der Waals surface area contributed by atoms with Crippen LogP contribution in [0.4, 0.5) is 0 Å². The lowest BCUT2D eigenvalue weighted by atomic mass is 10.4. The van der Waals surface area contributed by atoms with Crippen molar-refractivity contribution >= 4 is 18.3 Å². The van der Waals surface area contributed by atoms with E-state index in [4.69, 9.17) is 0 Å². The fourth-order valence-corrected chi connectivity index (χ4v) is 0.704. The highest BCUT2D eigenvalue weighted by atomic mass is 35.5. The third-order valence-electron chi connectivity index (χ3n) is 1.23. The van der Waals surface area contributed by atoms with Gasteiger partial charge in [-0.25, -0.2) is 0 Å². The molecule has 1 aromatic rings. The van der Waals surface area contributed by atoms with Crippen molar-refractivity contribution in [1.82, 2.24) is 9.88 Å². The molecule has 0 bridgehead atoms. The van der Waals surface area contributed by atoms with Gasteiger partial charge in [0.1, 0.15) is 5.69 Å². The predicted octanol–water partition coefficient (Wildman–Crippen LogP) is 1.14. The first kappa shape index (κ1) is 10.0. The molecule has 0 atom stereocenters. The quantitative estimate of drug-likeness (QED) is 0.681. The van der Waals surface area contributed by atoms with E-state index in [1.165, 1.54) is 4.90 Å². The van der Waals surface area contributed by atoms with Gasteiger partial charge in [-0.1, -0.05) is 0 Å². The molecule has 1 N–H and O–H groups in total. The zero-order chi connectivity index (χ0) is 7.56. The number of aromatic amines is 1. The molecule has 62 valence electrons. The van der Waals surface area contributed by atoms with Crippen LogP contribution in [0, 0.1) is 0 Å². The average molecular weight is 175 g/mol. The number of amides is 1. The van der Waals surface area contributed by atoms with Gasteiger partial charge in [-0.2, -0.15) is 0 Å². The van der Waals surface area contributed by atoms with Crippen LogP contribution in [0.25, 0.3) is 0 Å². The van der Waals surface area contributed by atoms with Gasteiger partial charge in [0.05, 0.1) is 0 Å². The molecule has 3 nitrogen and oxygen atoms in total. The largest absolute Gasteiger partial charge is 0.357 e. The fraction of sp³-hybridized carbons (Fsp3) is 0.286. The lowest BCUT2D eigenvalue weighted by molar-refractivity contribution is 0.0822. The van der Waals surface area contributed by atoms with Crippen molar-refractivity contribution in [2.75, 3.05) is 14.1 Å². The maximum absolute atomic E-state index is 11.1. The van der Waals surface area contributed by atoms with Crippen LogP contribution in [0.15, 0.2) is 18.3 Å². The van der Waals surface area contributed by atoms with Crippen molar-refractivity contribution in [3.8, 4) is 0 Å². The van der Waals surface area contributed by atoms with Gasteiger partial charge >= 0.3 is 0 Å². The Bertz CT molecular complexity index is 218. The lowest BCUT2D eigenvalue weighted by Gasteiger charge is -2.07. The molecule has 0 saturated heterocycles. The molecule has 0 aliphatic heterocycles. The maximum atomic E-state index is 11.1. The van der Waals surface area contributed by atoms with E-state index in [0.717, 1.165) is 0 Å². The number of halogens is 1. The monoisotopic (exact) mass is 174 g/mol. The van der Waals surface area contributed by atoms with Gasteiger partial charge in [-0.3, -0.25) is 4.79 Å². The second kappa shape index (κ2) is 4.03. The Hall–Kier alpha value is -0.960. The van der Waals surface area contributed by atoms with Gasteiger partial charge in [0, 0.05) is 20.3 Å².